The lowest BCUT2D eigenvalue weighted by Crippen LogP contribution is -2.37. The number of hydrogen-bond acceptors (Lipinski definition) is 8. The Morgan fingerprint density at radius 1 is 0.857 bits per heavy atom. The Morgan fingerprint density at radius 2 is 1.71 bits per heavy atom. The maximum atomic E-state index is 15.3. The molecule has 1 aromatic heterocycles. The fourth-order valence-electron chi connectivity index (χ4n) is 5.50. The Bertz CT molecular complexity index is 1480. The van der Waals surface area contributed by atoms with E-state index in [2.05, 4.69) is 43.9 Å². The number of morpholine rings is 1. The topological polar surface area (TPSA) is 59.5 Å². The van der Waals surface area contributed by atoms with Gasteiger partial charge in [-0.2, -0.15) is 0 Å². The van der Waals surface area contributed by atoms with Gasteiger partial charge in [0.25, 0.3) is 0 Å². The molecule has 0 saturated carbocycles. The lowest BCUT2D eigenvalue weighted by molar-refractivity contribution is 0.0357. The minimum atomic E-state index is -0.411. The second-order valence-corrected chi connectivity index (χ2v) is 10.6. The number of hydrogen-bond donors (Lipinski definition) is 0. The number of methoxy groups -OCH3 is 1. The van der Waals surface area contributed by atoms with Crippen LogP contribution in [0.1, 0.15) is 12.0 Å². The summed E-state index contributed by atoms with van der Waals surface area (Å²) >= 11 is 0. The van der Waals surface area contributed by atoms with Gasteiger partial charge in [0.1, 0.15) is 5.75 Å². The highest BCUT2D eigenvalue weighted by atomic mass is 19.1. The van der Waals surface area contributed by atoms with Crippen LogP contribution < -0.4 is 19.1 Å². The summed E-state index contributed by atoms with van der Waals surface area (Å²) in [6.45, 7) is 8.42. The van der Waals surface area contributed by atoms with Crippen LogP contribution in [0.25, 0.3) is 10.9 Å². The van der Waals surface area contributed by atoms with Gasteiger partial charge in [-0.1, -0.05) is 30.3 Å². The van der Waals surface area contributed by atoms with Crippen LogP contribution in [0.4, 0.5) is 10.1 Å². The molecular formula is C33H37FN4O4. The van der Waals surface area contributed by atoms with Crippen molar-refractivity contribution < 1.29 is 23.3 Å². The molecule has 3 aromatic carbocycles. The van der Waals surface area contributed by atoms with Gasteiger partial charge in [0, 0.05) is 68.7 Å². The van der Waals surface area contributed by atoms with Crippen molar-refractivity contribution in [1.29, 1.82) is 0 Å². The first kappa shape index (κ1) is 28.2. The summed E-state index contributed by atoms with van der Waals surface area (Å²) in [6, 6.07) is 21.0. The number of ether oxygens (including phenoxy) is 4. The molecule has 0 aliphatic carbocycles. The van der Waals surface area contributed by atoms with Gasteiger partial charge in [0.2, 0.25) is 0 Å². The summed E-state index contributed by atoms with van der Waals surface area (Å²) in [7, 11) is 1.61. The van der Waals surface area contributed by atoms with Crippen LogP contribution in [-0.2, 0) is 11.3 Å². The van der Waals surface area contributed by atoms with Crippen LogP contribution in [0.5, 0.6) is 23.0 Å². The van der Waals surface area contributed by atoms with Crippen molar-refractivity contribution in [2.75, 3.05) is 71.2 Å². The zero-order valence-electron chi connectivity index (χ0n) is 24.0. The van der Waals surface area contributed by atoms with E-state index in [0.717, 1.165) is 76.6 Å². The molecule has 0 N–H and O–H groups in total. The Kier molecular flexibility index (Phi) is 8.98. The van der Waals surface area contributed by atoms with Crippen molar-refractivity contribution in [1.82, 2.24) is 14.8 Å². The molecule has 0 amide bonds. The average molecular weight is 573 g/mol. The van der Waals surface area contributed by atoms with Crippen LogP contribution in [0.15, 0.2) is 72.9 Å². The SMILES string of the molecule is COc1cc2c(Oc3ccc(N4CCN(Cc5ccccc5)C4)cc3F)ccnc2cc1OCCCN1CCOCC1. The molecule has 0 radical (unpaired) electrons. The smallest absolute Gasteiger partial charge is 0.167 e. The molecule has 2 aliphatic heterocycles. The minimum Gasteiger partial charge on any atom is -0.493 e. The summed E-state index contributed by atoms with van der Waals surface area (Å²) < 4.78 is 38.5. The zero-order chi connectivity index (χ0) is 28.7. The first-order chi connectivity index (χ1) is 20.7. The third-order valence-corrected chi connectivity index (χ3v) is 7.77. The highest BCUT2D eigenvalue weighted by molar-refractivity contribution is 5.88. The third-order valence-electron chi connectivity index (χ3n) is 7.77. The maximum absolute atomic E-state index is 15.3. The summed E-state index contributed by atoms with van der Waals surface area (Å²) in [5, 5.41) is 0.717. The number of fused-ring (bicyclic) bond motifs is 1. The number of rotatable bonds is 11. The predicted molar refractivity (Wildman–Crippen MR) is 161 cm³/mol. The molecule has 8 nitrogen and oxygen atoms in total. The lowest BCUT2D eigenvalue weighted by atomic mass is 10.1. The molecule has 4 aromatic rings. The van der Waals surface area contributed by atoms with E-state index in [1.807, 2.05) is 24.3 Å². The van der Waals surface area contributed by atoms with E-state index in [9.17, 15) is 0 Å². The normalized spacial score (nSPS) is 16.2. The zero-order valence-corrected chi connectivity index (χ0v) is 24.0. The molecule has 3 heterocycles. The number of benzene rings is 3. The molecule has 2 saturated heterocycles. The Labute approximate surface area is 246 Å². The van der Waals surface area contributed by atoms with E-state index < -0.39 is 5.82 Å². The van der Waals surface area contributed by atoms with Gasteiger partial charge >= 0.3 is 0 Å². The van der Waals surface area contributed by atoms with Crippen LogP contribution in [0.3, 0.4) is 0 Å². The molecule has 2 aliphatic rings. The van der Waals surface area contributed by atoms with Crippen LogP contribution in [0, 0.1) is 5.82 Å². The van der Waals surface area contributed by atoms with Crippen molar-refractivity contribution in [3.8, 4) is 23.0 Å². The molecule has 6 rings (SSSR count). The summed E-state index contributed by atoms with van der Waals surface area (Å²) in [6.07, 6.45) is 2.56. The number of halogens is 1. The van der Waals surface area contributed by atoms with Gasteiger partial charge < -0.3 is 23.8 Å². The summed E-state index contributed by atoms with van der Waals surface area (Å²) in [4.78, 5) is 11.4. The highest BCUT2D eigenvalue weighted by Crippen LogP contribution is 2.38. The molecule has 220 valence electrons. The molecule has 42 heavy (non-hydrogen) atoms. The van der Waals surface area contributed by atoms with E-state index in [0.29, 0.717) is 29.4 Å². The minimum absolute atomic E-state index is 0.161. The van der Waals surface area contributed by atoms with E-state index in [1.165, 1.54) is 5.56 Å². The van der Waals surface area contributed by atoms with Crippen molar-refractivity contribution in [2.45, 2.75) is 13.0 Å². The van der Waals surface area contributed by atoms with Gasteiger partial charge in [-0.3, -0.25) is 14.8 Å². The lowest BCUT2D eigenvalue weighted by Gasteiger charge is -2.26. The first-order valence-corrected chi connectivity index (χ1v) is 14.5. The molecular weight excluding hydrogens is 535 g/mol. The van der Waals surface area contributed by atoms with E-state index in [-0.39, 0.29) is 5.75 Å². The van der Waals surface area contributed by atoms with E-state index in [1.54, 1.807) is 31.5 Å². The second kappa shape index (κ2) is 13.4. The predicted octanol–water partition coefficient (Wildman–Crippen LogP) is 5.56. The van der Waals surface area contributed by atoms with Crippen molar-refractivity contribution in [2.24, 2.45) is 0 Å². The molecule has 0 bridgehead atoms. The largest absolute Gasteiger partial charge is 0.493 e. The number of nitrogens with zero attached hydrogens (tertiary/aromatic N) is 4. The maximum Gasteiger partial charge on any atom is 0.167 e. The molecule has 2 fully saturated rings. The van der Waals surface area contributed by atoms with Crippen molar-refractivity contribution >= 4 is 16.6 Å². The Morgan fingerprint density at radius 3 is 2.52 bits per heavy atom. The second-order valence-electron chi connectivity index (χ2n) is 10.6. The van der Waals surface area contributed by atoms with Gasteiger partial charge in [-0.25, -0.2) is 4.39 Å². The highest BCUT2D eigenvalue weighted by Gasteiger charge is 2.22. The Balaban J connectivity index is 1.11. The summed E-state index contributed by atoms with van der Waals surface area (Å²) in [5.41, 5.74) is 2.80. The molecule has 0 unspecified atom stereocenters. The van der Waals surface area contributed by atoms with E-state index >= 15 is 4.39 Å². The fourth-order valence-corrected chi connectivity index (χ4v) is 5.50. The molecule has 0 spiro atoms. The Hall–Kier alpha value is -3.92. The number of anilines is 1. The van der Waals surface area contributed by atoms with Gasteiger partial charge in [0.05, 0.1) is 39.1 Å². The van der Waals surface area contributed by atoms with Crippen LogP contribution in [0.2, 0.25) is 0 Å². The van der Waals surface area contributed by atoms with Crippen molar-refractivity contribution in [3.05, 3.63) is 84.3 Å². The summed E-state index contributed by atoms with van der Waals surface area (Å²) in [5.74, 6) is 1.45. The van der Waals surface area contributed by atoms with Crippen LogP contribution in [-0.4, -0.2) is 81.1 Å². The monoisotopic (exact) mass is 572 g/mol. The van der Waals surface area contributed by atoms with Crippen molar-refractivity contribution in [3.63, 3.8) is 0 Å². The standard InChI is InChI=1S/C33H37FN4O4/c1-39-32-21-27-29(22-33(32)41-17-5-12-36-15-18-40-19-16-36)35-11-10-30(27)42-31-9-8-26(20-28(31)34)38-14-13-37(24-38)23-25-6-3-2-4-7-25/h2-4,6-11,20-22H,5,12-19,23-24H2,1H3. The quantitative estimate of drug-likeness (QED) is 0.217. The van der Waals surface area contributed by atoms with Crippen LogP contribution >= 0.6 is 0 Å². The van der Waals surface area contributed by atoms with E-state index in [4.69, 9.17) is 18.9 Å². The molecule has 9 heteroatoms. The first-order valence-electron chi connectivity index (χ1n) is 14.5. The molecule has 0 atom stereocenters. The average Bonchev–Trinajstić information content (AvgIpc) is 3.49. The number of aromatic nitrogens is 1. The van der Waals surface area contributed by atoms with Gasteiger partial charge in [-0.15, -0.1) is 0 Å². The number of pyridine rings is 1. The van der Waals surface area contributed by atoms with Gasteiger partial charge in [-0.05, 0) is 36.2 Å². The van der Waals surface area contributed by atoms with Gasteiger partial charge in [0.15, 0.2) is 23.1 Å². The third kappa shape index (κ3) is 6.75. The fraction of sp³-hybridized carbons (Fsp3) is 0.364.